The number of hydrogen-bond donors (Lipinski definition) is 1. The predicted octanol–water partition coefficient (Wildman–Crippen LogP) is 2.61. The van der Waals surface area contributed by atoms with Gasteiger partial charge in [-0.15, -0.1) is 0 Å². The van der Waals surface area contributed by atoms with Gasteiger partial charge in [-0.25, -0.2) is 0 Å². The van der Waals surface area contributed by atoms with E-state index in [-0.39, 0.29) is 11.8 Å². The van der Waals surface area contributed by atoms with E-state index in [9.17, 15) is 4.79 Å². The van der Waals surface area contributed by atoms with Crippen molar-refractivity contribution in [1.82, 2.24) is 0 Å². The van der Waals surface area contributed by atoms with E-state index in [1.54, 1.807) is 0 Å². The second kappa shape index (κ2) is 5.82. The Morgan fingerprint density at radius 2 is 2.18 bits per heavy atom. The molecule has 0 spiro atoms. The molecular formula is C14H19NO2. The van der Waals surface area contributed by atoms with Crippen molar-refractivity contribution in [3.05, 3.63) is 29.8 Å². The van der Waals surface area contributed by atoms with Crippen molar-refractivity contribution < 1.29 is 9.53 Å². The number of carbonyl (C=O) groups excluding carboxylic acids is 1. The van der Waals surface area contributed by atoms with Gasteiger partial charge in [-0.1, -0.05) is 19.1 Å². The van der Waals surface area contributed by atoms with Gasteiger partial charge in [-0.3, -0.25) is 4.79 Å². The van der Waals surface area contributed by atoms with Crippen LogP contribution in [0.15, 0.2) is 24.3 Å². The van der Waals surface area contributed by atoms with Crippen LogP contribution in [0.3, 0.4) is 0 Å². The number of amides is 1. The predicted molar refractivity (Wildman–Crippen MR) is 68.0 cm³/mol. The summed E-state index contributed by atoms with van der Waals surface area (Å²) in [6.45, 7) is 3.51. The number of carbonyl (C=O) groups is 1. The molecule has 92 valence electrons. The SMILES string of the molecule is CCc1cccc(NC(=O)C2CCOCC2)c1. The number of hydrogen-bond acceptors (Lipinski definition) is 2. The average molecular weight is 233 g/mol. The van der Waals surface area contributed by atoms with Crippen LogP contribution in [0.1, 0.15) is 25.3 Å². The Labute approximate surface area is 102 Å². The van der Waals surface area contributed by atoms with Crippen LogP contribution in [0, 0.1) is 5.92 Å². The van der Waals surface area contributed by atoms with Gasteiger partial charge in [-0.2, -0.15) is 0 Å². The van der Waals surface area contributed by atoms with Crippen molar-refractivity contribution in [3.63, 3.8) is 0 Å². The van der Waals surface area contributed by atoms with Crippen molar-refractivity contribution in [2.75, 3.05) is 18.5 Å². The van der Waals surface area contributed by atoms with E-state index >= 15 is 0 Å². The Morgan fingerprint density at radius 1 is 1.41 bits per heavy atom. The average Bonchev–Trinajstić information content (AvgIpc) is 2.40. The lowest BCUT2D eigenvalue weighted by Crippen LogP contribution is -2.28. The zero-order valence-corrected chi connectivity index (χ0v) is 10.2. The molecule has 0 unspecified atom stereocenters. The van der Waals surface area contributed by atoms with Gasteiger partial charge in [-0.05, 0) is 37.0 Å². The third kappa shape index (κ3) is 3.30. The standard InChI is InChI=1S/C14H19NO2/c1-2-11-4-3-5-13(10-11)15-14(16)12-6-8-17-9-7-12/h3-5,10,12H,2,6-9H2,1H3,(H,15,16). The third-order valence-corrected chi connectivity index (χ3v) is 3.19. The van der Waals surface area contributed by atoms with E-state index in [4.69, 9.17) is 4.74 Å². The molecule has 1 aliphatic rings. The molecule has 3 heteroatoms. The summed E-state index contributed by atoms with van der Waals surface area (Å²) in [4.78, 5) is 12.0. The van der Waals surface area contributed by atoms with Crippen molar-refractivity contribution >= 4 is 11.6 Å². The van der Waals surface area contributed by atoms with E-state index in [0.29, 0.717) is 13.2 Å². The normalized spacial score (nSPS) is 16.8. The molecule has 1 aliphatic heterocycles. The molecular weight excluding hydrogens is 214 g/mol. The van der Waals surface area contributed by atoms with Gasteiger partial charge < -0.3 is 10.1 Å². The maximum absolute atomic E-state index is 12.0. The van der Waals surface area contributed by atoms with Gasteiger partial charge in [0.05, 0.1) is 0 Å². The van der Waals surface area contributed by atoms with E-state index in [1.807, 2.05) is 18.2 Å². The highest BCUT2D eigenvalue weighted by Crippen LogP contribution is 2.18. The number of rotatable bonds is 3. The molecule has 3 nitrogen and oxygen atoms in total. The highest BCUT2D eigenvalue weighted by Gasteiger charge is 2.21. The van der Waals surface area contributed by atoms with E-state index in [0.717, 1.165) is 24.9 Å². The molecule has 0 atom stereocenters. The van der Waals surface area contributed by atoms with E-state index in [2.05, 4.69) is 18.3 Å². The number of nitrogens with one attached hydrogen (secondary N) is 1. The molecule has 0 aliphatic carbocycles. The smallest absolute Gasteiger partial charge is 0.227 e. The first-order chi connectivity index (χ1) is 8.29. The number of benzene rings is 1. The quantitative estimate of drug-likeness (QED) is 0.871. The van der Waals surface area contributed by atoms with Crippen LogP contribution >= 0.6 is 0 Å². The van der Waals surface area contributed by atoms with Gasteiger partial charge in [0.2, 0.25) is 5.91 Å². The molecule has 2 rings (SSSR count). The Bertz CT molecular complexity index is 384. The largest absolute Gasteiger partial charge is 0.381 e. The summed E-state index contributed by atoms with van der Waals surface area (Å²) in [5.74, 6) is 0.232. The van der Waals surface area contributed by atoms with Crippen molar-refractivity contribution in [1.29, 1.82) is 0 Å². The maximum atomic E-state index is 12.0. The molecule has 1 amide bonds. The van der Waals surface area contributed by atoms with E-state index in [1.165, 1.54) is 5.56 Å². The summed E-state index contributed by atoms with van der Waals surface area (Å²) in [5.41, 5.74) is 2.15. The molecule has 0 bridgehead atoms. The summed E-state index contributed by atoms with van der Waals surface area (Å²) in [5, 5.41) is 2.99. The fourth-order valence-corrected chi connectivity index (χ4v) is 2.07. The second-order valence-corrected chi connectivity index (χ2v) is 4.43. The molecule has 0 aromatic heterocycles. The van der Waals surface area contributed by atoms with Crippen LogP contribution in [-0.4, -0.2) is 19.1 Å². The Morgan fingerprint density at radius 3 is 2.88 bits per heavy atom. The Balaban J connectivity index is 1.96. The fourth-order valence-electron chi connectivity index (χ4n) is 2.07. The van der Waals surface area contributed by atoms with Crippen LogP contribution in [0.5, 0.6) is 0 Å². The van der Waals surface area contributed by atoms with Gasteiger partial charge in [0.15, 0.2) is 0 Å². The minimum absolute atomic E-state index is 0.106. The summed E-state index contributed by atoms with van der Waals surface area (Å²) in [7, 11) is 0. The van der Waals surface area contributed by atoms with Crippen LogP contribution in [0.4, 0.5) is 5.69 Å². The van der Waals surface area contributed by atoms with Crippen LogP contribution in [0.25, 0.3) is 0 Å². The minimum atomic E-state index is 0.106. The van der Waals surface area contributed by atoms with Gasteiger partial charge in [0, 0.05) is 24.8 Å². The van der Waals surface area contributed by atoms with Crippen molar-refractivity contribution in [2.24, 2.45) is 5.92 Å². The maximum Gasteiger partial charge on any atom is 0.227 e. The number of aryl methyl sites for hydroxylation is 1. The number of anilines is 1. The summed E-state index contributed by atoms with van der Waals surface area (Å²) in [6, 6.07) is 8.04. The molecule has 1 aromatic carbocycles. The fraction of sp³-hybridized carbons (Fsp3) is 0.500. The minimum Gasteiger partial charge on any atom is -0.381 e. The topological polar surface area (TPSA) is 38.3 Å². The second-order valence-electron chi connectivity index (χ2n) is 4.43. The molecule has 1 fully saturated rings. The van der Waals surface area contributed by atoms with Gasteiger partial charge in [0.25, 0.3) is 0 Å². The molecule has 1 aromatic rings. The monoisotopic (exact) mass is 233 g/mol. The zero-order valence-electron chi connectivity index (χ0n) is 10.2. The first kappa shape index (κ1) is 12.1. The highest BCUT2D eigenvalue weighted by molar-refractivity contribution is 5.92. The van der Waals surface area contributed by atoms with Gasteiger partial charge >= 0.3 is 0 Å². The van der Waals surface area contributed by atoms with Crippen molar-refractivity contribution in [3.8, 4) is 0 Å². The summed E-state index contributed by atoms with van der Waals surface area (Å²) >= 11 is 0. The molecule has 1 saturated heterocycles. The lowest BCUT2D eigenvalue weighted by Gasteiger charge is -2.21. The van der Waals surface area contributed by atoms with E-state index < -0.39 is 0 Å². The molecule has 1 N–H and O–H groups in total. The number of ether oxygens (including phenoxy) is 1. The molecule has 1 heterocycles. The Kier molecular flexibility index (Phi) is 4.15. The first-order valence-electron chi connectivity index (χ1n) is 6.27. The molecule has 17 heavy (non-hydrogen) atoms. The lowest BCUT2D eigenvalue weighted by atomic mass is 9.99. The first-order valence-corrected chi connectivity index (χ1v) is 6.27. The lowest BCUT2D eigenvalue weighted by molar-refractivity contribution is -0.122. The highest BCUT2D eigenvalue weighted by atomic mass is 16.5. The van der Waals surface area contributed by atoms with Gasteiger partial charge in [0.1, 0.15) is 0 Å². The third-order valence-electron chi connectivity index (χ3n) is 3.19. The molecule has 0 radical (unpaired) electrons. The summed E-state index contributed by atoms with van der Waals surface area (Å²) in [6.07, 6.45) is 2.65. The Hall–Kier alpha value is -1.35. The molecule has 0 saturated carbocycles. The van der Waals surface area contributed by atoms with Crippen LogP contribution in [-0.2, 0) is 16.0 Å². The zero-order chi connectivity index (χ0) is 12.1. The van der Waals surface area contributed by atoms with Crippen LogP contribution in [0.2, 0.25) is 0 Å². The summed E-state index contributed by atoms with van der Waals surface area (Å²) < 4.78 is 5.26. The van der Waals surface area contributed by atoms with Crippen molar-refractivity contribution in [2.45, 2.75) is 26.2 Å². The van der Waals surface area contributed by atoms with Crippen LogP contribution < -0.4 is 5.32 Å².